The van der Waals surface area contributed by atoms with Crippen molar-refractivity contribution in [3.8, 4) is 0 Å². The number of nitrogens with zero attached hydrogens (tertiary/aromatic N) is 1. The molecule has 1 aromatic carbocycles. The lowest BCUT2D eigenvalue weighted by Crippen LogP contribution is -2.17. The van der Waals surface area contributed by atoms with Gasteiger partial charge in [-0.3, -0.25) is 4.79 Å². The zero-order valence-electron chi connectivity index (χ0n) is 15.1. The Labute approximate surface area is 156 Å². The van der Waals surface area contributed by atoms with E-state index in [-0.39, 0.29) is 28.9 Å². The number of aromatic nitrogens is 1. The van der Waals surface area contributed by atoms with Crippen molar-refractivity contribution in [1.29, 1.82) is 0 Å². The van der Waals surface area contributed by atoms with Crippen LogP contribution in [-0.2, 0) is 14.6 Å². The molecular weight excluding hydrogens is 373 g/mol. The summed E-state index contributed by atoms with van der Waals surface area (Å²) >= 11 is 0. The maximum Gasteiger partial charge on any atom is 0.338 e. The van der Waals surface area contributed by atoms with Crippen LogP contribution in [0.2, 0.25) is 0 Å². The zero-order valence-corrected chi connectivity index (χ0v) is 15.9. The summed E-state index contributed by atoms with van der Waals surface area (Å²) in [7, 11) is -3.05. The molecule has 0 unspecified atom stereocenters. The van der Waals surface area contributed by atoms with Gasteiger partial charge in [0.15, 0.2) is 16.4 Å². The van der Waals surface area contributed by atoms with Crippen LogP contribution in [-0.4, -0.2) is 42.9 Å². The van der Waals surface area contributed by atoms with E-state index >= 15 is 0 Å². The second-order valence-electron chi connectivity index (χ2n) is 6.72. The fourth-order valence-electron chi connectivity index (χ4n) is 3.51. The normalized spacial score (nSPS) is 18.4. The van der Waals surface area contributed by atoms with E-state index in [1.807, 2.05) is 11.5 Å². The number of ether oxygens (including phenoxy) is 1. The Morgan fingerprint density at radius 2 is 2.00 bits per heavy atom. The quantitative estimate of drug-likeness (QED) is 0.576. The lowest BCUT2D eigenvalue weighted by atomic mass is 10.1. The van der Waals surface area contributed by atoms with Crippen LogP contribution in [0.1, 0.15) is 44.6 Å². The van der Waals surface area contributed by atoms with Crippen LogP contribution < -0.4 is 0 Å². The van der Waals surface area contributed by atoms with Crippen LogP contribution in [0.15, 0.2) is 30.3 Å². The Bertz CT molecular complexity index is 1010. The number of halogens is 1. The summed E-state index contributed by atoms with van der Waals surface area (Å²) < 4.78 is 43.5. The lowest BCUT2D eigenvalue weighted by Gasteiger charge is -2.16. The molecular formula is C19H20FNO5S. The molecule has 0 saturated carbocycles. The van der Waals surface area contributed by atoms with Crippen molar-refractivity contribution in [1.82, 2.24) is 4.57 Å². The third kappa shape index (κ3) is 4.10. The number of ketones is 1. The molecule has 144 valence electrons. The number of esters is 1. The Morgan fingerprint density at radius 3 is 2.63 bits per heavy atom. The second kappa shape index (κ2) is 7.26. The molecule has 0 N–H and O–H groups in total. The maximum absolute atomic E-state index is 13.2. The van der Waals surface area contributed by atoms with Crippen LogP contribution in [0.25, 0.3) is 0 Å². The van der Waals surface area contributed by atoms with Gasteiger partial charge >= 0.3 is 5.97 Å². The van der Waals surface area contributed by atoms with Gasteiger partial charge in [-0.2, -0.15) is 0 Å². The number of sulfone groups is 1. The van der Waals surface area contributed by atoms with Gasteiger partial charge in [-0.1, -0.05) is 6.07 Å². The molecule has 6 nitrogen and oxygen atoms in total. The topological polar surface area (TPSA) is 82.4 Å². The summed E-state index contributed by atoms with van der Waals surface area (Å²) in [6.45, 7) is 3.09. The number of rotatable bonds is 5. The van der Waals surface area contributed by atoms with Crippen molar-refractivity contribution in [2.24, 2.45) is 0 Å². The fraction of sp³-hybridized carbons (Fsp3) is 0.368. The molecule has 2 heterocycles. The molecule has 0 radical (unpaired) electrons. The van der Waals surface area contributed by atoms with Gasteiger partial charge in [0.25, 0.3) is 0 Å². The standard InChI is InChI=1S/C19H20FNO5S/c1-12-8-17(13(2)21(12)16-6-7-27(24,25)11-16)18(22)10-26-19(23)14-4-3-5-15(20)9-14/h3-5,8-9,16H,6-7,10-11H2,1-2H3/t16-/m0/s1. The zero-order chi connectivity index (χ0) is 19.8. The fourth-order valence-corrected chi connectivity index (χ4v) is 5.21. The first-order valence-electron chi connectivity index (χ1n) is 8.52. The van der Waals surface area contributed by atoms with Gasteiger partial charge < -0.3 is 9.30 Å². The van der Waals surface area contributed by atoms with Gasteiger partial charge in [0.05, 0.1) is 17.1 Å². The van der Waals surface area contributed by atoms with E-state index in [2.05, 4.69) is 0 Å². The predicted octanol–water partition coefficient (Wildman–Crippen LogP) is 2.64. The Hall–Kier alpha value is -2.48. The molecule has 2 aromatic rings. The smallest absolute Gasteiger partial charge is 0.338 e. The minimum Gasteiger partial charge on any atom is -0.454 e. The highest BCUT2D eigenvalue weighted by molar-refractivity contribution is 7.91. The summed E-state index contributed by atoms with van der Waals surface area (Å²) in [5.41, 5.74) is 1.86. The summed E-state index contributed by atoms with van der Waals surface area (Å²) in [4.78, 5) is 24.5. The Kier molecular flexibility index (Phi) is 5.19. The first-order chi connectivity index (χ1) is 12.7. The van der Waals surface area contributed by atoms with E-state index < -0.39 is 28.2 Å². The first kappa shape index (κ1) is 19.3. The van der Waals surface area contributed by atoms with Crippen molar-refractivity contribution >= 4 is 21.6 Å². The van der Waals surface area contributed by atoms with Gasteiger partial charge in [0.2, 0.25) is 5.78 Å². The predicted molar refractivity (Wildman–Crippen MR) is 97.2 cm³/mol. The molecule has 0 spiro atoms. The van der Waals surface area contributed by atoms with Crippen LogP contribution in [0.4, 0.5) is 4.39 Å². The molecule has 1 fully saturated rings. The van der Waals surface area contributed by atoms with Crippen molar-refractivity contribution in [3.63, 3.8) is 0 Å². The monoisotopic (exact) mass is 393 g/mol. The van der Waals surface area contributed by atoms with Gasteiger partial charge in [-0.15, -0.1) is 0 Å². The number of benzene rings is 1. The third-order valence-corrected chi connectivity index (χ3v) is 6.50. The molecule has 1 aromatic heterocycles. The summed E-state index contributed by atoms with van der Waals surface area (Å²) in [5.74, 6) is -1.53. The number of carbonyl (C=O) groups excluding carboxylic acids is 2. The average molecular weight is 393 g/mol. The molecule has 3 rings (SSSR count). The summed E-state index contributed by atoms with van der Waals surface area (Å²) in [6.07, 6.45) is 0.515. The van der Waals surface area contributed by atoms with Crippen molar-refractivity contribution < 1.29 is 27.1 Å². The van der Waals surface area contributed by atoms with E-state index in [0.717, 1.165) is 11.8 Å². The number of hydrogen-bond donors (Lipinski definition) is 0. The number of carbonyl (C=O) groups is 2. The molecule has 27 heavy (non-hydrogen) atoms. The number of Topliss-reactive ketones (excluding diaryl/α,β-unsaturated/α-hetero) is 1. The van der Waals surface area contributed by atoms with Crippen molar-refractivity contribution in [3.05, 3.63) is 58.7 Å². The van der Waals surface area contributed by atoms with Gasteiger partial charge in [-0.25, -0.2) is 17.6 Å². The minimum absolute atomic E-state index is 0.0319. The van der Waals surface area contributed by atoms with Crippen molar-refractivity contribution in [2.45, 2.75) is 26.3 Å². The van der Waals surface area contributed by atoms with Crippen LogP contribution in [0, 0.1) is 19.7 Å². The van der Waals surface area contributed by atoms with Crippen LogP contribution >= 0.6 is 0 Å². The summed E-state index contributed by atoms with van der Waals surface area (Å²) in [5, 5.41) is 0. The number of hydrogen-bond acceptors (Lipinski definition) is 5. The Morgan fingerprint density at radius 1 is 1.26 bits per heavy atom. The molecule has 1 aliphatic heterocycles. The Balaban J connectivity index is 1.72. The van der Waals surface area contributed by atoms with E-state index in [0.29, 0.717) is 17.7 Å². The molecule has 1 saturated heterocycles. The molecule has 0 amide bonds. The van der Waals surface area contributed by atoms with E-state index in [4.69, 9.17) is 4.74 Å². The van der Waals surface area contributed by atoms with E-state index in [1.165, 1.54) is 18.2 Å². The molecule has 1 aliphatic rings. The minimum atomic E-state index is -3.05. The number of aryl methyl sites for hydroxylation is 1. The highest BCUT2D eigenvalue weighted by atomic mass is 32.2. The highest BCUT2D eigenvalue weighted by Crippen LogP contribution is 2.29. The van der Waals surface area contributed by atoms with E-state index in [1.54, 1.807) is 13.0 Å². The van der Waals surface area contributed by atoms with Gasteiger partial charge in [0.1, 0.15) is 5.82 Å². The highest BCUT2D eigenvalue weighted by Gasteiger charge is 2.31. The van der Waals surface area contributed by atoms with Crippen molar-refractivity contribution in [2.75, 3.05) is 18.1 Å². The first-order valence-corrected chi connectivity index (χ1v) is 10.3. The average Bonchev–Trinajstić information content (AvgIpc) is 3.10. The molecule has 0 bridgehead atoms. The molecule has 0 aliphatic carbocycles. The summed E-state index contributed by atoms with van der Waals surface area (Å²) in [6, 6.07) is 6.53. The third-order valence-electron chi connectivity index (χ3n) is 4.75. The molecule has 1 atom stereocenters. The largest absolute Gasteiger partial charge is 0.454 e. The van der Waals surface area contributed by atoms with Gasteiger partial charge in [-0.05, 0) is 44.5 Å². The lowest BCUT2D eigenvalue weighted by molar-refractivity contribution is 0.0474. The van der Waals surface area contributed by atoms with E-state index in [9.17, 15) is 22.4 Å². The molecule has 8 heteroatoms. The maximum atomic E-state index is 13.2. The van der Waals surface area contributed by atoms with Crippen LogP contribution in [0.5, 0.6) is 0 Å². The SMILES string of the molecule is Cc1cc(C(=O)COC(=O)c2cccc(F)c2)c(C)n1[C@H]1CCS(=O)(=O)C1. The van der Waals surface area contributed by atoms with Crippen LogP contribution in [0.3, 0.4) is 0 Å². The second-order valence-corrected chi connectivity index (χ2v) is 8.95. The van der Waals surface area contributed by atoms with Gasteiger partial charge in [0, 0.05) is 23.0 Å².